The predicted octanol–water partition coefficient (Wildman–Crippen LogP) is 4.69. The SMILES string of the molecule is N#Cc1ccccc1OCc1ccc(C(=O)N2CCC(Oc3ccc(F)cc3F)CC2)o1. The van der Waals surface area contributed by atoms with Crippen molar-refractivity contribution in [3.05, 3.63) is 83.3 Å². The van der Waals surface area contributed by atoms with Crippen LogP contribution in [0.5, 0.6) is 11.5 Å². The van der Waals surface area contributed by atoms with Gasteiger partial charge in [-0.2, -0.15) is 5.26 Å². The molecule has 8 heteroatoms. The molecule has 1 amide bonds. The Kier molecular flexibility index (Phi) is 6.36. The van der Waals surface area contributed by atoms with Gasteiger partial charge in [0.05, 0.1) is 5.56 Å². The van der Waals surface area contributed by atoms with E-state index in [0.29, 0.717) is 43.0 Å². The Bertz CT molecular complexity index is 1150. The zero-order chi connectivity index (χ0) is 22.5. The van der Waals surface area contributed by atoms with Crippen LogP contribution in [0.15, 0.2) is 59.0 Å². The van der Waals surface area contributed by atoms with Crippen molar-refractivity contribution < 1.29 is 27.5 Å². The van der Waals surface area contributed by atoms with Gasteiger partial charge >= 0.3 is 0 Å². The zero-order valence-corrected chi connectivity index (χ0v) is 17.1. The van der Waals surface area contributed by atoms with Crippen molar-refractivity contribution in [2.24, 2.45) is 0 Å². The van der Waals surface area contributed by atoms with Gasteiger partial charge in [0.2, 0.25) is 0 Å². The van der Waals surface area contributed by atoms with Gasteiger partial charge in [0.15, 0.2) is 17.3 Å². The third kappa shape index (κ3) is 4.89. The van der Waals surface area contributed by atoms with E-state index in [2.05, 4.69) is 6.07 Å². The van der Waals surface area contributed by atoms with Crippen molar-refractivity contribution in [2.45, 2.75) is 25.6 Å². The topological polar surface area (TPSA) is 75.7 Å². The molecule has 0 bridgehead atoms. The highest BCUT2D eigenvalue weighted by Gasteiger charge is 2.27. The minimum atomic E-state index is -0.744. The number of para-hydroxylation sites is 1. The molecule has 164 valence electrons. The Labute approximate surface area is 183 Å². The second kappa shape index (κ2) is 9.52. The Morgan fingerprint density at radius 3 is 2.62 bits per heavy atom. The summed E-state index contributed by atoms with van der Waals surface area (Å²) in [6.45, 7) is 0.938. The van der Waals surface area contributed by atoms with Crippen LogP contribution in [-0.4, -0.2) is 30.0 Å². The third-order valence-electron chi connectivity index (χ3n) is 5.17. The highest BCUT2D eigenvalue weighted by atomic mass is 19.1. The Hall–Kier alpha value is -3.86. The molecule has 4 rings (SSSR count). The van der Waals surface area contributed by atoms with E-state index >= 15 is 0 Å². The Morgan fingerprint density at radius 2 is 1.88 bits per heavy atom. The molecule has 1 aromatic heterocycles. The standard InChI is InChI=1S/C24H20F2N2O4/c25-17-5-7-22(20(26)13-17)31-18-9-11-28(12-10-18)24(29)23-8-6-19(32-23)15-30-21-4-2-1-3-16(21)14-27/h1-8,13,18H,9-12,15H2. The lowest BCUT2D eigenvalue weighted by Crippen LogP contribution is -2.41. The fourth-order valence-corrected chi connectivity index (χ4v) is 3.49. The van der Waals surface area contributed by atoms with Crippen molar-refractivity contribution >= 4 is 5.91 Å². The van der Waals surface area contributed by atoms with Gasteiger partial charge in [-0.1, -0.05) is 12.1 Å². The molecule has 6 nitrogen and oxygen atoms in total. The summed E-state index contributed by atoms with van der Waals surface area (Å²) in [5, 5.41) is 9.12. The monoisotopic (exact) mass is 438 g/mol. The minimum absolute atomic E-state index is 0.00447. The number of rotatable bonds is 6. The molecule has 2 aromatic carbocycles. The van der Waals surface area contributed by atoms with E-state index < -0.39 is 11.6 Å². The molecule has 0 aliphatic carbocycles. The van der Waals surface area contributed by atoms with E-state index in [1.807, 2.05) is 0 Å². The summed E-state index contributed by atoms with van der Waals surface area (Å²) in [4.78, 5) is 14.4. The number of piperidine rings is 1. The molecule has 1 aliphatic heterocycles. The van der Waals surface area contributed by atoms with Crippen LogP contribution < -0.4 is 9.47 Å². The van der Waals surface area contributed by atoms with Crippen molar-refractivity contribution in [1.82, 2.24) is 4.90 Å². The number of halogens is 2. The molecule has 1 saturated heterocycles. The van der Waals surface area contributed by atoms with E-state index in [1.54, 1.807) is 41.3 Å². The number of carbonyl (C=O) groups excluding carboxylic acids is 1. The molecule has 1 fully saturated rings. The number of amides is 1. The molecule has 32 heavy (non-hydrogen) atoms. The molecule has 0 atom stereocenters. The first kappa shape index (κ1) is 21.4. The van der Waals surface area contributed by atoms with E-state index in [4.69, 9.17) is 19.2 Å². The highest BCUT2D eigenvalue weighted by Crippen LogP contribution is 2.24. The van der Waals surface area contributed by atoms with Gasteiger partial charge in [0, 0.05) is 32.0 Å². The van der Waals surface area contributed by atoms with Crippen molar-refractivity contribution in [2.75, 3.05) is 13.1 Å². The maximum Gasteiger partial charge on any atom is 0.289 e. The van der Waals surface area contributed by atoms with E-state index in [-0.39, 0.29) is 30.1 Å². The lowest BCUT2D eigenvalue weighted by molar-refractivity contribution is 0.0556. The quantitative estimate of drug-likeness (QED) is 0.558. The number of hydrogen-bond donors (Lipinski definition) is 0. The molecule has 0 unspecified atom stereocenters. The number of nitrogens with zero attached hydrogens (tertiary/aromatic N) is 2. The molecule has 0 N–H and O–H groups in total. The summed E-state index contributed by atoms with van der Waals surface area (Å²) < 4.78 is 43.7. The Balaban J connectivity index is 1.30. The average Bonchev–Trinajstić information content (AvgIpc) is 3.29. The maximum atomic E-state index is 13.8. The second-order valence-electron chi connectivity index (χ2n) is 7.35. The van der Waals surface area contributed by atoms with Crippen LogP contribution in [0.3, 0.4) is 0 Å². The van der Waals surface area contributed by atoms with Crippen LogP contribution in [0.2, 0.25) is 0 Å². The van der Waals surface area contributed by atoms with Crippen LogP contribution in [0.1, 0.15) is 34.7 Å². The number of benzene rings is 2. The summed E-state index contributed by atoms with van der Waals surface area (Å²) in [7, 11) is 0. The van der Waals surface area contributed by atoms with Crippen molar-refractivity contribution in [3.8, 4) is 17.6 Å². The van der Waals surface area contributed by atoms with Gasteiger partial charge in [0.25, 0.3) is 5.91 Å². The fourth-order valence-electron chi connectivity index (χ4n) is 3.49. The van der Waals surface area contributed by atoms with Gasteiger partial charge in [0.1, 0.15) is 36.1 Å². The largest absolute Gasteiger partial charge is 0.487 e. The summed E-state index contributed by atoms with van der Waals surface area (Å²) in [5.74, 6) is -0.546. The average molecular weight is 438 g/mol. The van der Waals surface area contributed by atoms with Crippen LogP contribution in [0, 0.1) is 23.0 Å². The summed E-state index contributed by atoms with van der Waals surface area (Å²) in [6.07, 6.45) is 0.772. The lowest BCUT2D eigenvalue weighted by atomic mass is 10.1. The number of ether oxygens (including phenoxy) is 2. The molecule has 0 radical (unpaired) electrons. The van der Waals surface area contributed by atoms with E-state index in [1.165, 1.54) is 6.07 Å². The van der Waals surface area contributed by atoms with Crippen LogP contribution >= 0.6 is 0 Å². The molecule has 2 heterocycles. The van der Waals surface area contributed by atoms with Crippen molar-refractivity contribution in [1.29, 1.82) is 5.26 Å². The molecular weight excluding hydrogens is 418 g/mol. The Morgan fingerprint density at radius 1 is 1.09 bits per heavy atom. The molecule has 0 saturated carbocycles. The predicted molar refractivity (Wildman–Crippen MR) is 110 cm³/mol. The molecule has 1 aliphatic rings. The first-order chi connectivity index (χ1) is 15.5. The van der Waals surface area contributed by atoms with Crippen LogP contribution in [-0.2, 0) is 6.61 Å². The fraction of sp³-hybridized carbons (Fsp3) is 0.250. The third-order valence-corrected chi connectivity index (χ3v) is 5.17. The van der Waals surface area contributed by atoms with Gasteiger partial charge in [-0.25, -0.2) is 8.78 Å². The molecular formula is C24H20F2N2O4. The summed E-state index contributed by atoms with van der Waals surface area (Å²) >= 11 is 0. The summed E-state index contributed by atoms with van der Waals surface area (Å²) in [5.41, 5.74) is 0.418. The number of carbonyl (C=O) groups is 1. The van der Waals surface area contributed by atoms with Crippen LogP contribution in [0.25, 0.3) is 0 Å². The van der Waals surface area contributed by atoms with Gasteiger partial charge in [-0.3, -0.25) is 4.79 Å². The number of hydrogen-bond acceptors (Lipinski definition) is 5. The number of nitriles is 1. The van der Waals surface area contributed by atoms with Crippen molar-refractivity contribution in [3.63, 3.8) is 0 Å². The molecule has 0 spiro atoms. The minimum Gasteiger partial charge on any atom is -0.487 e. The van der Waals surface area contributed by atoms with Gasteiger partial charge < -0.3 is 18.8 Å². The van der Waals surface area contributed by atoms with E-state index in [9.17, 15) is 13.6 Å². The summed E-state index contributed by atoms with van der Waals surface area (Å²) in [6, 6.07) is 15.4. The normalized spacial score (nSPS) is 14.1. The number of furan rings is 1. The van der Waals surface area contributed by atoms with Crippen LogP contribution in [0.4, 0.5) is 8.78 Å². The maximum absolute atomic E-state index is 13.8. The van der Waals surface area contributed by atoms with Gasteiger partial charge in [-0.15, -0.1) is 0 Å². The number of likely N-dealkylation sites (tertiary alicyclic amines) is 1. The lowest BCUT2D eigenvalue weighted by Gasteiger charge is -2.31. The van der Waals surface area contributed by atoms with E-state index in [0.717, 1.165) is 12.1 Å². The second-order valence-corrected chi connectivity index (χ2v) is 7.35. The zero-order valence-electron chi connectivity index (χ0n) is 17.1. The highest BCUT2D eigenvalue weighted by molar-refractivity contribution is 5.91. The van der Waals surface area contributed by atoms with Gasteiger partial charge in [-0.05, 0) is 36.4 Å². The first-order valence-electron chi connectivity index (χ1n) is 10.1. The first-order valence-corrected chi connectivity index (χ1v) is 10.1. The smallest absolute Gasteiger partial charge is 0.289 e. The molecule has 3 aromatic rings.